The number of carbonyl (C=O) groups excluding carboxylic acids is 1. The molecule has 1 atom stereocenters. The van der Waals surface area contributed by atoms with Crippen molar-refractivity contribution in [3.63, 3.8) is 0 Å². The number of carbonyl (C=O) groups is 1. The predicted octanol–water partition coefficient (Wildman–Crippen LogP) is 8.04. The Kier molecular flexibility index (Phi) is 12.0. The highest BCUT2D eigenvalue weighted by molar-refractivity contribution is 6.31. The lowest BCUT2D eigenvalue weighted by Crippen LogP contribution is -2.38. The minimum Gasteiger partial charge on any atom is -0.493 e. The number of fused-ring (bicyclic) bond motifs is 1. The van der Waals surface area contributed by atoms with Crippen LogP contribution in [0.1, 0.15) is 52.5 Å². The van der Waals surface area contributed by atoms with Crippen molar-refractivity contribution in [1.29, 1.82) is 0 Å². The van der Waals surface area contributed by atoms with Crippen molar-refractivity contribution in [1.82, 2.24) is 5.32 Å². The van der Waals surface area contributed by atoms with Crippen molar-refractivity contribution < 1.29 is 38.0 Å². The molecule has 1 aliphatic heterocycles. The van der Waals surface area contributed by atoms with Gasteiger partial charge in [0.15, 0.2) is 34.5 Å². The minimum absolute atomic E-state index is 0.194. The van der Waals surface area contributed by atoms with E-state index in [1.165, 1.54) is 0 Å². The van der Waals surface area contributed by atoms with E-state index in [9.17, 15) is 4.79 Å². The van der Waals surface area contributed by atoms with Gasteiger partial charge in [0.25, 0.3) is 5.91 Å². The van der Waals surface area contributed by atoms with Crippen LogP contribution in [0.4, 0.5) is 5.69 Å². The molecule has 10 nitrogen and oxygen atoms in total. The van der Waals surface area contributed by atoms with Crippen LogP contribution in [0.15, 0.2) is 66.7 Å². The van der Waals surface area contributed by atoms with Crippen LogP contribution in [0, 0.1) is 0 Å². The first-order valence-electron chi connectivity index (χ1n) is 15.8. The largest absolute Gasteiger partial charge is 0.493 e. The molecule has 5 rings (SSSR count). The zero-order chi connectivity index (χ0) is 34.8. The van der Waals surface area contributed by atoms with E-state index in [4.69, 9.17) is 44.8 Å². The van der Waals surface area contributed by atoms with Crippen LogP contribution in [-0.4, -0.2) is 54.7 Å². The lowest BCUT2D eigenvalue weighted by molar-refractivity contribution is 0.0935. The molecule has 0 radical (unpaired) electrons. The summed E-state index contributed by atoms with van der Waals surface area (Å²) in [4.78, 5) is 12.7. The monoisotopic (exact) mass is 688 g/mol. The van der Waals surface area contributed by atoms with Crippen molar-refractivity contribution in [2.75, 3.05) is 54.1 Å². The molecule has 0 aliphatic carbocycles. The van der Waals surface area contributed by atoms with Gasteiger partial charge in [0.05, 0.1) is 54.3 Å². The van der Waals surface area contributed by atoms with Gasteiger partial charge in [0.2, 0.25) is 5.75 Å². The third-order valence-electron chi connectivity index (χ3n) is 7.97. The van der Waals surface area contributed by atoms with E-state index in [1.54, 1.807) is 53.7 Å². The quantitative estimate of drug-likeness (QED) is 0.0894. The Morgan fingerprint density at radius 2 is 1.24 bits per heavy atom. The summed E-state index contributed by atoms with van der Waals surface area (Å²) in [6.45, 7) is 1.05. The number of nitrogens with one attached hydrogen (secondary N) is 2. The second-order valence-corrected chi connectivity index (χ2v) is 11.5. The zero-order valence-electron chi connectivity index (χ0n) is 28.3. The number of benzene rings is 4. The molecule has 0 aromatic heterocycles. The van der Waals surface area contributed by atoms with Gasteiger partial charge in [0.1, 0.15) is 6.17 Å². The fourth-order valence-electron chi connectivity index (χ4n) is 5.43. The van der Waals surface area contributed by atoms with E-state index in [1.807, 2.05) is 60.7 Å². The fraction of sp³-hybridized carbons (Fsp3) is 0.289. The van der Waals surface area contributed by atoms with Gasteiger partial charge in [0, 0.05) is 10.7 Å². The smallest absolute Gasteiger partial charge is 0.255 e. The van der Waals surface area contributed by atoms with Crippen molar-refractivity contribution in [2.24, 2.45) is 0 Å². The van der Waals surface area contributed by atoms with Gasteiger partial charge < -0.3 is 43.8 Å². The first-order valence-corrected chi connectivity index (χ1v) is 16.2. The maximum absolute atomic E-state index is 12.7. The topological polar surface area (TPSA) is 106 Å². The van der Waals surface area contributed by atoms with E-state index < -0.39 is 6.17 Å². The lowest BCUT2D eigenvalue weighted by Gasteiger charge is -2.28. The van der Waals surface area contributed by atoms with Crippen LogP contribution in [0.25, 0.3) is 12.2 Å². The predicted molar refractivity (Wildman–Crippen MR) is 191 cm³/mol. The van der Waals surface area contributed by atoms with Crippen molar-refractivity contribution in [3.8, 4) is 40.2 Å². The van der Waals surface area contributed by atoms with Crippen molar-refractivity contribution in [3.05, 3.63) is 94.0 Å². The number of ether oxygens (including phenoxy) is 7. The van der Waals surface area contributed by atoms with Gasteiger partial charge >= 0.3 is 0 Å². The SMILES string of the molecule is COc1cc(C2NC(=O)c3cc(Cl)ccc3N2)ccc1OCCCCCOc1cc(C=Cc2cc(OC)c(OC)c(OC)c2)ccc1OC. The summed E-state index contributed by atoms with van der Waals surface area (Å²) in [5, 5.41) is 6.81. The van der Waals surface area contributed by atoms with Crippen LogP contribution >= 0.6 is 11.6 Å². The number of amides is 1. The van der Waals surface area contributed by atoms with Gasteiger partial charge in [-0.25, -0.2) is 0 Å². The first kappa shape index (κ1) is 35.1. The van der Waals surface area contributed by atoms with Gasteiger partial charge in [-0.2, -0.15) is 0 Å². The molecule has 0 saturated heterocycles. The molecule has 0 fully saturated rings. The van der Waals surface area contributed by atoms with Crippen LogP contribution in [0.3, 0.4) is 0 Å². The third-order valence-corrected chi connectivity index (χ3v) is 8.20. The second kappa shape index (κ2) is 16.7. The lowest BCUT2D eigenvalue weighted by atomic mass is 10.1. The Morgan fingerprint density at radius 3 is 1.92 bits per heavy atom. The summed E-state index contributed by atoms with van der Waals surface area (Å²) in [6, 6.07) is 20.4. The average molecular weight is 689 g/mol. The Hall–Kier alpha value is -5.22. The van der Waals surface area contributed by atoms with Crippen LogP contribution in [0.2, 0.25) is 5.02 Å². The van der Waals surface area contributed by atoms with Gasteiger partial charge in [-0.3, -0.25) is 4.79 Å². The molecule has 49 heavy (non-hydrogen) atoms. The Balaban J connectivity index is 1.10. The summed E-state index contributed by atoms with van der Waals surface area (Å²) in [5.41, 5.74) is 3.92. The highest BCUT2D eigenvalue weighted by Crippen LogP contribution is 2.39. The standard InChI is InChI=1S/C38H41ClN2O8/c1-43-30-15-11-24(9-10-25-20-34(45-3)36(47-5)35(21-25)46-4)19-33(30)49-18-8-6-7-17-48-31-16-12-26(22-32(31)44-2)37-40-29-14-13-27(39)23-28(29)38(42)41-37/h9-16,19-23,37,40H,6-8,17-18H2,1-5H3,(H,41,42). The molecule has 4 aromatic rings. The summed E-state index contributed by atoms with van der Waals surface area (Å²) >= 11 is 6.06. The Labute approximate surface area is 291 Å². The highest BCUT2D eigenvalue weighted by atomic mass is 35.5. The summed E-state index contributed by atoms with van der Waals surface area (Å²) in [5.74, 6) is 4.09. The zero-order valence-corrected chi connectivity index (χ0v) is 29.0. The molecule has 1 aliphatic rings. The number of rotatable bonds is 16. The second-order valence-electron chi connectivity index (χ2n) is 11.1. The summed E-state index contributed by atoms with van der Waals surface area (Å²) < 4.78 is 39.6. The first-order chi connectivity index (χ1) is 23.9. The molecule has 0 bridgehead atoms. The molecule has 258 valence electrons. The third kappa shape index (κ3) is 8.63. The minimum atomic E-state index is -0.416. The molecular formula is C38H41ClN2O8. The Morgan fingerprint density at radius 1 is 0.612 bits per heavy atom. The van der Waals surface area contributed by atoms with E-state index >= 15 is 0 Å². The highest BCUT2D eigenvalue weighted by Gasteiger charge is 2.25. The van der Waals surface area contributed by atoms with Gasteiger partial charge in [-0.05, 0) is 90.6 Å². The molecule has 1 heterocycles. The maximum atomic E-state index is 12.7. The Bertz CT molecular complexity index is 1770. The number of anilines is 1. The van der Waals surface area contributed by atoms with Crippen LogP contribution in [0.5, 0.6) is 40.2 Å². The molecule has 0 spiro atoms. The molecule has 11 heteroatoms. The van der Waals surface area contributed by atoms with E-state index in [-0.39, 0.29) is 5.91 Å². The molecule has 1 amide bonds. The molecule has 1 unspecified atom stereocenters. The van der Waals surface area contributed by atoms with E-state index in [0.717, 1.165) is 41.6 Å². The molecule has 2 N–H and O–H groups in total. The number of halogens is 1. The summed E-state index contributed by atoms with van der Waals surface area (Å²) in [6.07, 6.45) is 6.13. The number of hydrogen-bond donors (Lipinski definition) is 2. The van der Waals surface area contributed by atoms with Crippen LogP contribution in [-0.2, 0) is 0 Å². The van der Waals surface area contributed by atoms with Crippen molar-refractivity contribution >= 4 is 35.3 Å². The number of hydrogen-bond acceptors (Lipinski definition) is 9. The van der Waals surface area contributed by atoms with E-state index in [2.05, 4.69) is 10.6 Å². The van der Waals surface area contributed by atoms with Gasteiger partial charge in [-0.15, -0.1) is 0 Å². The summed E-state index contributed by atoms with van der Waals surface area (Å²) in [7, 11) is 7.99. The number of methoxy groups -OCH3 is 5. The van der Waals surface area contributed by atoms with Crippen LogP contribution < -0.4 is 43.8 Å². The average Bonchev–Trinajstić information content (AvgIpc) is 3.13. The van der Waals surface area contributed by atoms with Crippen molar-refractivity contribution in [2.45, 2.75) is 25.4 Å². The molecule has 4 aromatic carbocycles. The number of unbranched alkanes of at least 4 members (excludes halogenated alkanes) is 2. The maximum Gasteiger partial charge on any atom is 0.255 e. The van der Waals surface area contributed by atoms with E-state index in [0.29, 0.717) is 64.0 Å². The fourth-order valence-corrected chi connectivity index (χ4v) is 5.60. The normalized spacial score (nSPS) is 13.6. The van der Waals surface area contributed by atoms with Gasteiger partial charge in [-0.1, -0.05) is 35.9 Å². The molecule has 0 saturated carbocycles. The molecular weight excluding hydrogens is 648 g/mol.